The molecule has 0 saturated heterocycles. The molecule has 24 heavy (non-hydrogen) atoms. The molecular formula is C16H19ClN6O. The van der Waals surface area contributed by atoms with Crippen molar-refractivity contribution in [3.8, 4) is 11.4 Å². The van der Waals surface area contributed by atoms with Gasteiger partial charge in [0.2, 0.25) is 0 Å². The second-order valence-electron chi connectivity index (χ2n) is 6.47. The Kier molecular flexibility index (Phi) is 3.96. The summed E-state index contributed by atoms with van der Waals surface area (Å²) >= 11 is 6.45. The van der Waals surface area contributed by atoms with E-state index in [0.29, 0.717) is 27.7 Å². The zero-order chi connectivity index (χ0) is 17.5. The summed E-state index contributed by atoms with van der Waals surface area (Å²) in [6.07, 6.45) is 0. The molecule has 3 rings (SSSR count). The van der Waals surface area contributed by atoms with E-state index >= 15 is 0 Å². The lowest BCUT2D eigenvalue weighted by atomic mass is 9.92. The van der Waals surface area contributed by atoms with Crippen LogP contribution in [0.1, 0.15) is 26.5 Å². The third-order valence-corrected chi connectivity index (χ3v) is 3.99. The van der Waals surface area contributed by atoms with Gasteiger partial charge in [-0.25, -0.2) is 9.78 Å². The standard InChI is InChI=1S/C16H19ClN6O/c1-16(2,3)12-11(17)14-20-13(22-23(14)21-12)9-7-5-6-8-10(9)19-15(24)18-4/h5-8,21H,1-4H3,(H2,18,19,24). The fourth-order valence-electron chi connectivity index (χ4n) is 2.38. The first-order valence-electron chi connectivity index (χ1n) is 7.54. The van der Waals surface area contributed by atoms with E-state index in [9.17, 15) is 4.79 Å². The zero-order valence-electron chi connectivity index (χ0n) is 13.9. The minimum absolute atomic E-state index is 0.141. The van der Waals surface area contributed by atoms with Gasteiger partial charge in [0.15, 0.2) is 11.5 Å². The minimum atomic E-state index is -0.305. The summed E-state index contributed by atoms with van der Waals surface area (Å²) in [5.41, 5.74) is 2.64. The van der Waals surface area contributed by atoms with Gasteiger partial charge in [0.25, 0.3) is 0 Å². The Balaban J connectivity index is 2.07. The van der Waals surface area contributed by atoms with Crippen molar-refractivity contribution in [3.63, 3.8) is 0 Å². The van der Waals surface area contributed by atoms with Gasteiger partial charge in [0.1, 0.15) is 5.02 Å². The smallest absolute Gasteiger partial charge is 0.318 e. The van der Waals surface area contributed by atoms with E-state index in [1.807, 2.05) is 18.2 Å². The second kappa shape index (κ2) is 5.83. The molecule has 0 spiro atoms. The van der Waals surface area contributed by atoms with Crippen LogP contribution < -0.4 is 10.6 Å². The molecule has 1 aromatic carbocycles. The van der Waals surface area contributed by atoms with Gasteiger partial charge in [0, 0.05) is 18.0 Å². The molecule has 0 atom stereocenters. The molecule has 2 aromatic heterocycles. The maximum Gasteiger partial charge on any atom is 0.318 e. The van der Waals surface area contributed by atoms with Crippen molar-refractivity contribution in [2.24, 2.45) is 0 Å². The molecule has 126 valence electrons. The Bertz CT molecular complexity index is 905. The van der Waals surface area contributed by atoms with Crippen molar-refractivity contribution >= 4 is 29.0 Å². The molecule has 0 aliphatic heterocycles. The number of nitrogens with zero attached hydrogens (tertiary/aromatic N) is 3. The molecule has 0 radical (unpaired) electrons. The molecule has 0 bridgehead atoms. The highest BCUT2D eigenvalue weighted by atomic mass is 35.5. The molecular weight excluding hydrogens is 328 g/mol. The summed E-state index contributed by atoms with van der Waals surface area (Å²) in [5, 5.41) is 13.5. The maximum absolute atomic E-state index is 11.6. The molecule has 7 nitrogen and oxygen atoms in total. The normalized spacial score (nSPS) is 11.7. The first-order chi connectivity index (χ1) is 11.3. The topological polar surface area (TPSA) is 87.1 Å². The maximum atomic E-state index is 11.6. The molecule has 0 fully saturated rings. The molecule has 2 amide bonds. The van der Waals surface area contributed by atoms with Gasteiger partial charge in [-0.2, -0.15) is 4.63 Å². The molecule has 0 unspecified atom stereocenters. The minimum Gasteiger partial charge on any atom is -0.341 e. The summed E-state index contributed by atoms with van der Waals surface area (Å²) < 4.78 is 1.56. The van der Waals surface area contributed by atoms with Crippen molar-refractivity contribution in [2.45, 2.75) is 26.2 Å². The number of rotatable bonds is 2. The van der Waals surface area contributed by atoms with E-state index in [1.165, 1.54) is 0 Å². The van der Waals surface area contributed by atoms with Gasteiger partial charge < -0.3 is 10.6 Å². The van der Waals surface area contributed by atoms with Crippen LogP contribution in [0.3, 0.4) is 0 Å². The van der Waals surface area contributed by atoms with Crippen LogP contribution in [0.2, 0.25) is 5.02 Å². The van der Waals surface area contributed by atoms with E-state index < -0.39 is 0 Å². The van der Waals surface area contributed by atoms with Crippen molar-refractivity contribution in [1.29, 1.82) is 0 Å². The van der Waals surface area contributed by atoms with E-state index in [4.69, 9.17) is 11.6 Å². The number of hydrogen-bond acceptors (Lipinski definition) is 3. The third-order valence-electron chi connectivity index (χ3n) is 3.63. The average Bonchev–Trinajstić information content (AvgIpc) is 3.07. The number of amides is 2. The Morgan fingerprint density at radius 3 is 2.62 bits per heavy atom. The largest absolute Gasteiger partial charge is 0.341 e. The summed E-state index contributed by atoms with van der Waals surface area (Å²) in [4.78, 5) is 16.1. The number of benzene rings is 1. The van der Waals surface area contributed by atoms with Crippen molar-refractivity contribution < 1.29 is 4.79 Å². The van der Waals surface area contributed by atoms with E-state index in [0.717, 1.165) is 5.69 Å². The van der Waals surface area contributed by atoms with Gasteiger partial charge >= 0.3 is 6.03 Å². The van der Waals surface area contributed by atoms with Crippen LogP contribution in [-0.4, -0.2) is 32.9 Å². The number of H-pyrrole nitrogens is 1. The van der Waals surface area contributed by atoms with E-state index in [-0.39, 0.29) is 11.4 Å². The predicted molar refractivity (Wildman–Crippen MR) is 94.6 cm³/mol. The van der Waals surface area contributed by atoms with E-state index in [1.54, 1.807) is 17.7 Å². The molecule has 3 aromatic rings. The number of hydrogen-bond donors (Lipinski definition) is 3. The number of fused-ring (bicyclic) bond motifs is 1. The number of halogens is 1. The van der Waals surface area contributed by atoms with Crippen LogP contribution in [0, 0.1) is 0 Å². The average molecular weight is 347 g/mol. The number of carbonyl (C=O) groups is 1. The lowest BCUT2D eigenvalue weighted by Gasteiger charge is -2.16. The summed E-state index contributed by atoms with van der Waals surface area (Å²) in [5.74, 6) is 0.482. The first kappa shape index (κ1) is 16.3. The summed E-state index contributed by atoms with van der Waals surface area (Å²) in [6.45, 7) is 6.19. The van der Waals surface area contributed by atoms with Gasteiger partial charge in [0.05, 0.1) is 11.4 Å². The number of urea groups is 1. The molecule has 2 heterocycles. The van der Waals surface area contributed by atoms with Gasteiger partial charge in [-0.05, 0) is 12.1 Å². The monoisotopic (exact) mass is 346 g/mol. The SMILES string of the molecule is CNC(=O)Nc1ccccc1-c1nc2c(Cl)c(C(C)(C)C)[nH]n2n1. The summed E-state index contributed by atoms with van der Waals surface area (Å²) in [6, 6.07) is 7.03. The van der Waals surface area contributed by atoms with Crippen LogP contribution >= 0.6 is 11.6 Å². The van der Waals surface area contributed by atoms with Gasteiger partial charge in [-0.15, -0.1) is 5.10 Å². The predicted octanol–water partition coefficient (Wildman–Crippen LogP) is 3.43. The van der Waals surface area contributed by atoms with Gasteiger partial charge in [-0.3, -0.25) is 5.10 Å². The quantitative estimate of drug-likeness (QED) is 0.664. The molecule has 8 heteroatoms. The molecule has 0 aliphatic rings. The van der Waals surface area contributed by atoms with E-state index in [2.05, 4.69) is 46.6 Å². The third kappa shape index (κ3) is 2.82. The Labute approximate surface area is 144 Å². The Hall–Kier alpha value is -2.54. The fourth-order valence-corrected chi connectivity index (χ4v) is 2.83. The lowest BCUT2D eigenvalue weighted by molar-refractivity contribution is 0.254. The number of aromatic nitrogens is 4. The van der Waals surface area contributed by atoms with Crippen LogP contribution in [0.25, 0.3) is 17.0 Å². The Morgan fingerprint density at radius 1 is 1.29 bits per heavy atom. The lowest BCUT2D eigenvalue weighted by Crippen LogP contribution is -2.24. The fraction of sp³-hybridized carbons (Fsp3) is 0.312. The van der Waals surface area contributed by atoms with Crippen LogP contribution in [0.5, 0.6) is 0 Å². The highest BCUT2D eigenvalue weighted by molar-refractivity contribution is 6.34. The van der Waals surface area contributed by atoms with Crippen LogP contribution in [0.15, 0.2) is 24.3 Å². The number of anilines is 1. The second-order valence-corrected chi connectivity index (χ2v) is 6.85. The number of carbonyl (C=O) groups excluding carboxylic acids is 1. The van der Waals surface area contributed by atoms with Crippen LogP contribution in [0.4, 0.5) is 10.5 Å². The van der Waals surface area contributed by atoms with Gasteiger partial charge in [-0.1, -0.05) is 44.5 Å². The number of nitrogens with one attached hydrogen (secondary N) is 3. The highest BCUT2D eigenvalue weighted by Crippen LogP contribution is 2.33. The highest BCUT2D eigenvalue weighted by Gasteiger charge is 2.24. The molecule has 3 N–H and O–H groups in total. The summed E-state index contributed by atoms with van der Waals surface area (Å²) in [7, 11) is 1.56. The van der Waals surface area contributed by atoms with Crippen LogP contribution in [-0.2, 0) is 5.41 Å². The first-order valence-corrected chi connectivity index (χ1v) is 7.92. The number of aromatic amines is 1. The Morgan fingerprint density at radius 2 is 2.00 bits per heavy atom. The molecule has 0 aliphatic carbocycles. The number of para-hydroxylation sites is 1. The van der Waals surface area contributed by atoms with Crippen molar-refractivity contribution in [1.82, 2.24) is 25.1 Å². The van der Waals surface area contributed by atoms with Crippen molar-refractivity contribution in [3.05, 3.63) is 35.0 Å². The van der Waals surface area contributed by atoms with Crippen molar-refractivity contribution in [2.75, 3.05) is 12.4 Å². The molecule has 0 saturated carbocycles. The zero-order valence-corrected chi connectivity index (χ0v) is 14.7.